The van der Waals surface area contributed by atoms with E-state index in [9.17, 15) is 9.59 Å². The highest BCUT2D eigenvalue weighted by molar-refractivity contribution is 5.88. The zero-order chi connectivity index (χ0) is 15.4. The Kier molecular flexibility index (Phi) is 4.82. The third-order valence-corrected chi connectivity index (χ3v) is 3.89. The first-order valence-corrected chi connectivity index (χ1v) is 7.29. The minimum atomic E-state index is -0.390. The fourth-order valence-electron chi connectivity index (χ4n) is 2.53. The molecule has 0 radical (unpaired) electrons. The Labute approximate surface area is 124 Å². The molecule has 2 heterocycles. The number of H-pyrrole nitrogens is 1. The standard InChI is InChI=1S/C14H23N5O2/c1-9-11(10(2)18-17-9)5-4-8-19(3)14(21)16-12-6-7-15-13(12)20/h12H,4-8H2,1-3H3,(H,15,20)(H,16,21)(H,17,18)/t12-/m0/s1. The molecular formula is C14H23N5O2. The summed E-state index contributed by atoms with van der Waals surface area (Å²) in [5, 5.41) is 12.6. The number of nitrogens with zero attached hydrogens (tertiary/aromatic N) is 2. The molecule has 1 aliphatic rings. The topological polar surface area (TPSA) is 90.1 Å². The van der Waals surface area contributed by atoms with E-state index in [1.54, 1.807) is 11.9 Å². The molecule has 0 saturated carbocycles. The minimum absolute atomic E-state index is 0.0959. The Morgan fingerprint density at radius 2 is 2.24 bits per heavy atom. The summed E-state index contributed by atoms with van der Waals surface area (Å²) < 4.78 is 0. The van der Waals surface area contributed by atoms with Crippen LogP contribution in [-0.2, 0) is 11.2 Å². The van der Waals surface area contributed by atoms with Gasteiger partial charge in [0.1, 0.15) is 6.04 Å². The Morgan fingerprint density at radius 1 is 1.48 bits per heavy atom. The molecule has 0 unspecified atom stereocenters. The molecule has 1 aliphatic heterocycles. The van der Waals surface area contributed by atoms with Crippen molar-refractivity contribution in [3.8, 4) is 0 Å². The number of aromatic amines is 1. The smallest absolute Gasteiger partial charge is 0.317 e. The van der Waals surface area contributed by atoms with Gasteiger partial charge in [0.2, 0.25) is 5.91 Å². The van der Waals surface area contributed by atoms with E-state index < -0.39 is 6.04 Å². The maximum Gasteiger partial charge on any atom is 0.317 e. The first-order chi connectivity index (χ1) is 9.99. The SMILES string of the molecule is Cc1n[nH]c(C)c1CCCN(C)C(=O)N[C@H]1CCNC1=O. The van der Waals surface area contributed by atoms with Crippen molar-refractivity contribution in [3.05, 3.63) is 17.0 Å². The molecule has 116 valence electrons. The molecule has 21 heavy (non-hydrogen) atoms. The van der Waals surface area contributed by atoms with Gasteiger partial charge < -0.3 is 15.5 Å². The van der Waals surface area contributed by atoms with Gasteiger partial charge in [0, 0.05) is 25.8 Å². The van der Waals surface area contributed by atoms with E-state index in [2.05, 4.69) is 20.8 Å². The molecule has 1 aromatic rings. The van der Waals surface area contributed by atoms with E-state index in [-0.39, 0.29) is 11.9 Å². The normalized spacial score (nSPS) is 17.7. The Bertz CT molecular complexity index is 506. The van der Waals surface area contributed by atoms with Gasteiger partial charge >= 0.3 is 6.03 Å². The molecule has 1 fully saturated rings. The first kappa shape index (κ1) is 15.3. The quantitative estimate of drug-likeness (QED) is 0.738. The van der Waals surface area contributed by atoms with Crippen LogP contribution in [0.25, 0.3) is 0 Å². The summed E-state index contributed by atoms with van der Waals surface area (Å²) in [6, 6.07) is -0.587. The first-order valence-electron chi connectivity index (χ1n) is 7.29. The molecule has 7 heteroatoms. The molecule has 0 aliphatic carbocycles. The number of rotatable bonds is 5. The second-order valence-corrected chi connectivity index (χ2v) is 5.52. The van der Waals surface area contributed by atoms with Crippen LogP contribution in [0.2, 0.25) is 0 Å². The van der Waals surface area contributed by atoms with Crippen molar-refractivity contribution in [2.45, 2.75) is 39.2 Å². The number of nitrogens with one attached hydrogen (secondary N) is 3. The van der Waals surface area contributed by atoms with Crippen molar-refractivity contribution >= 4 is 11.9 Å². The summed E-state index contributed by atoms with van der Waals surface area (Å²) in [5.41, 5.74) is 3.32. The fourth-order valence-corrected chi connectivity index (χ4v) is 2.53. The Balaban J connectivity index is 1.75. The highest BCUT2D eigenvalue weighted by Crippen LogP contribution is 2.12. The van der Waals surface area contributed by atoms with Crippen LogP contribution in [0.3, 0.4) is 0 Å². The maximum atomic E-state index is 12.0. The van der Waals surface area contributed by atoms with Crippen LogP contribution in [0.1, 0.15) is 29.8 Å². The predicted molar refractivity (Wildman–Crippen MR) is 79.0 cm³/mol. The van der Waals surface area contributed by atoms with Gasteiger partial charge in [-0.2, -0.15) is 5.10 Å². The lowest BCUT2D eigenvalue weighted by molar-refractivity contribution is -0.120. The molecule has 7 nitrogen and oxygen atoms in total. The van der Waals surface area contributed by atoms with E-state index >= 15 is 0 Å². The number of aryl methyl sites for hydroxylation is 2. The molecule has 0 aromatic carbocycles. The lowest BCUT2D eigenvalue weighted by Crippen LogP contribution is -2.46. The number of carbonyl (C=O) groups excluding carboxylic acids is 2. The van der Waals surface area contributed by atoms with E-state index in [1.807, 2.05) is 13.8 Å². The van der Waals surface area contributed by atoms with E-state index in [4.69, 9.17) is 0 Å². The van der Waals surface area contributed by atoms with Crippen molar-refractivity contribution in [3.63, 3.8) is 0 Å². The molecule has 3 N–H and O–H groups in total. The summed E-state index contributed by atoms with van der Waals surface area (Å²) in [6.45, 7) is 5.26. The Morgan fingerprint density at radius 3 is 2.81 bits per heavy atom. The van der Waals surface area contributed by atoms with Gasteiger partial charge in [0.05, 0.1) is 5.69 Å². The molecule has 1 atom stereocenters. The van der Waals surface area contributed by atoms with Crippen LogP contribution in [-0.4, -0.2) is 53.2 Å². The fraction of sp³-hybridized carbons (Fsp3) is 0.643. The van der Waals surface area contributed by atoms with Gasteiger partial charge in [-0.05, 0) is 38.7 Å². The van der Waals surface area contributed by atoms with Crippen molar-refractivity contribution in [1.82, 2.24) is 25.7 Å². The number of aromatic nitrogens is 2. The zero-order valence-corrected chi connectivity index (χ0v) is 12.8. The minimum Gasteiger partial charge on any atom is -0.354 e. The molecule has 0 spiro atoms. The molecule has 3 amide bonds. The van der Waals surface area contributed by atoms with E-state index in [1.165, 1.54) is 5.56 Å². The second-order valence-electron chi connectivity index (χ2n) is 5.52. The largest absolute Gasteiger partial charge is 0.354 e. The molecule has 1 aromatic heterocycles. The lowest BCUT2D eigenvalue weighted by atomic mass is 10.1. The summed E-state index contributed by atoms with van der Waals surface area (Å²) in [7, 11) is 1.75. The molecule has 1 saturated heterocycles. The summed E-state index contributed by atoms with van der Waals surface area (Å²) in [4.78, 5) is 25.0. The number of carbonyl (C=O) groups is 2. The summed E-state index contributed by atoms with van der Waals surface area (Å²) >= 11 is 0. The van der Waals surface area contributed by atoms with Gasteiger partial charge in [0.15, 0.2) is 0 Å². The Hall–Kier alpha value is -2.05. The molecular weight excluding hydrogens is 270 g/mol. The third kappa shape index (κ3) is 3.74. The van der Waals surface area contributed by atoms with Crippen LogP contribution in [0.4, 0.5) is 4.79 Å². The van der Waals surface area contributed by atoms with Crippen molar-refractivity contribution in [1.29, 1.82) is 0 Å². The summed E-state index contributed by atoms with van der Waals surface area (Å²) in [5.74, 6) is -0.0959. The van der Waals surface area contributed by atoms with Gasteiger partial charge in [-0.1, -0.05) is 0 Å². The number of hydrogen-bond acceptors (Lipinski definition) is 3. The van der Waals surface area contributed by atoms with Crippen molar-refractivity contribution in [2.24, 2.45) is 0 Å². The van der Waals surface area contributed by atoms with Crippen molar-refractivity contribution < 1.29 is 9.59 Å². The third-order valence-electron chi connectivity index (χ3n) is 3.89. The monoisotopic (exact) mass is 293 g/mol. The van der Waals surface area contributed by atoms with Crippen LogP contribution in [0.15, 0.2) is 0 Å². The van der Waals surface area contributed by atoms with Gasteiger partial charge in [-0.3, -0.25) is 9.89 Å². The average molecular weight is 293 g/mol. The van der Waals surface area contributed by atoms with Crippen molar-refractivity contribution in [2.75, 3.05) is 20.1 Å². The highest BCUT2D eigenvalue weighted by Gasteiger charge is 2.26. The summed E-state index contributed by atoms with van der Waals surface area (Å²) in [6.07, 6.45) is 2.41. The second kappa shape index (κ2) is 6.60. The highest BCUT2D eigenvalue weighted by atomic mass is 16.2. The number of amides is 3. The van der Waals surface area contributed by atoms with Crippen LogP contribution in [0, 0.1) is 13.8 Å². The van der Waals surface area contributed by atoms with Crippen LogP contribution < -0.4 is 10.6 Å². The molecule has 0 bridgehead atoms. The molecule has 2 rings (SSSR count). The lowest BCUT2D eigenvalue weighted by Gasteiger charge is -2.20. The van der Waals surface area contributed by atoms with Gasteiger partial charge in [0.25, 0.3) is 0 Å². The average Bonchev–Trinajstić information content (AvgIpc) is 2.98. The number of hydrogen-bond donors (Lipinski definition) is 3. The van der Waals surface area contributed by atoms with Crippen LogP contribution in [0.5, 0.6) is 0 Å². The maximum absolute atomic E-state index is 12.0. The van der Waals surface area contributed by atoms with E-state index in [0.29, 0.717) is 19.5 Å². The van der Waals surface area contributed by atoms with Crippen LogP contribution >= 0.6 is 0 Å². The zero-order valence-electron chi connectivity index (χ0n) is 12.8. The predicted octanol–water partition coefficient (Wildman–Crippen LogP) is 0.489. The van der Waals surface area contributed by atoms with Gasteiger partial charge in [-0.15, -0.1) is 0 Å². The number of urea groups is 1. The van der Waals surface area contributed by atoms with Gasteiger partial charge in [-0.25, -0.2) is 4.79 Å². The van der Waals surface area contributed by atoms with E-state index in [0.717, 1.165) is 24.2 Å².